The van der Waals surface area contributed by atoms with Crippen molar-refractivity contribution in [2.45, 2.75) is 19.4 Å². The minimum absolute atomic E-state index is 0.146. The predicted molar refractivity (Wildman–Crippen MR) is 74.2 cm³/mol. The summed E-state index contributed by atoms with van der Waals surface area (Å²) < 4.78 is 26.1. The molecule has 0 radical (unpaired) electrons. The summed E-state index contributed by atoms with van der Waals surface area (Å²) >= 11 is 0. The molecule has 0 saturated heterocycles. The smallest absolute Gasteiger partial charge is 0.159 e. The Balaban J connectivity index is 2.08. The standard InChI is InChI=1S/C16H14F2N2/c1-11(13-4-7-15(17)16(18)10-13)20-14-5-2-12(3-6-14)8-9-19/h2-7,10-11,20H,8H2,1H3. The molecule has 2 aromatic carbocycles. The first-order valence-electron chi connectivity index (χ1n) is 6.27. The zero-order chi connectivity index (χ0) is 14.5. The van der Waals surface area contributed by atoms with Crippen molar-refractivity contribution in [3.8, 4) is 6.07 Å². The Hall–Kier alpha value is -2.41. The lowest BCUT2D eigenvalue weighted by molar-refractivity contribution is 0.506. The molecule has 102 valence electrons. The molecule has 0 amide bonds. The fourth-order valence-electron chi connectivity index (χ4n) is 1.93. The molecule has 2 rings (SSSR count). The van der Waals surface area contributed by atoms with E-state index in [2.05, 4.69) is 11.4 Å². The van der Waals surface area contributed by atoms with Gasteiger partial charge >= 0.3 is 0 Å². The molecular weight excluding hydrogens is 258 g/mol. The minimum Gasteiger partial charge on any atom is -0.379 e. The molecule has 0 fully saturated rings. The zero-order valence-electron chi connectivity index (χ0n) is 11.0. The Morgan fingerprint density at radius 2 is 1.80 bits per heavy atom. The quantitative estimate of drug-likeness (QED) is 0.905. The lowest BCUT2D eigenvalue weighted by atomic mass is 10.1. The number of hydrogen-bond acceptors (Lipinski definition) is 2. The summed E-state index contributed by atoms with van der Waals surface area (Å²) in [6.07, 6.45) is 0.374. The molecule has 0 heterocycles. The zero-order valence-corrected chi connectivity index (χ0v) is 11.0. The maximum Gasteiger partial charge on any atom is 0.159 e. The van der Waals surface area contributed by atoms with Gasteiger partial charge in [-0.2, -0.15) is 5.26 Å². The van der Waals surface area contributed by atoms with Crippen molar-refractivity contribution in [1.29, 1.82) is 5.26 Å². The number of nitrogens with one attached hydrogen (secondary N) is 1. The fraction of sp³-hybridized carbons (Fsp3) is 0.188. The van der Waals surface area contributed by atoms with Gasteiger partial charge in [-0.3, -0.25) is 0 Å². The van der Waals surface area contributed by atoms with E-state index in [4.69, 9.17) is 5.26 Å². The number of nitrogens with zero attached hydrogens (tertiary/aromatic N) is 1. The van der Waals surface area contributed by atoms with Gasteiger partial charge in [-0.05, 0) is 42.3 Å². The number of benzene rings is 2. The molecule has 1 atom stereocenters. The average molecular weight is 272 g/mol. The van der Waals surface area contributed by atoms with Gasteiger partial charge in [-0.25, -0.2) is 8.78 Å². The Kier molecular flexibility index (Phi) is 4.31. The second kappa shape index (κ2) is 6.16. The van der Waals surface area contributed by atoms with Crippen LogP contribution in [0.15, 0.2) is 42.5 Å². The SMILES string of the molecule is CC(Nc1ccc(CC#N)cc1)c1ccc(F)c(F)c1. The van der Waals surface area contributed by atoms with Gasteiger partial charge in [0.25, 0.3) is 0 Å². The second-order valence-electron chi connectivity index (χ2n) is 4.57. The van der Waals surface area contributed by atoms with Crippen molar-refractivity contribution in [2.75, 3.05) is 5.32 Å². The Bertz CT molecular complexity index is 630. The van der Waals surface area contributed by atoms with Crippen molar-refractivity contribution < 1.29 is 8.78 Å². The molecule has 1 unspecified atom stereocenters. The minimum atomic E-state index is -0.847. The summed E-state index contributed by atoms with van der Waals surface area (Å²) in [4.78, 5) is 0. The van der Waals surface area contributed by atoms with Crippen LogP contribution in [0, 0.1) is 23.0 Å². The number of hydrogen-bond donors (Lipinski definition) is 1. The van der Waals surface area contributed by atoms with E-state index in [9.17, 15) is 8.78 Å². The van der Waals surface area contributed by atoms with Crippen LogP contribution in [0.5, 0.6) is 0 Å². The molecule has 20 heavy (non-hydrogen) atoms. The molecule has 0 bridgehead atoms. The molecule has 2 nitrogen and oxygen atoms in total. The van der Waals surface area contributed by atoms with Crippen LogP contribution in [0.25, 0.3) is 0 Å². The highest BCUT2D eigenvalue weighted by Crippen LogP contribution is 2.21. The van der Waals surface area contributed by atoms with E-state index in [1.807, 2.05) is 31.2 Å². The van der Waals surface area contributed by atoms with Crippen LogP contribution in [0.1, 0.15) is 24.1 Å². The number of nitriles is 1. The molecule has 0 aromatic heterocycles. The Morgan fingerprint density at radius 1 is 1.10 bits per heavy atom. The second-order valence-corrected chi connectivity index (χ2v) is 4.57. The number of anilines is 1. The Morgan fingerprint density at radius 3 is 2.40 bits per heavy atom. The van der Waals surface area contributed by atoms with Gasteiger partial charge in [0.05, 0.1) is 12.5 Å². The third-order valence-corrected chi connectivity index (χ3v) is 3.06. The highest BCUT2D eigenvalue weighted by atomic mass is 19.2. The predicted octanol–water partition coefficient (Wildman–Crippen LogP) is 4.20. The maximum absolute atomic E-state index is 13.2. The maximum atomic E-state index is 13.2. The normalized spacial score (nSPS) is 11.7. The third-order valence-electron chi connectivity index (χ3n) is 3.06. The first-order valence-corrected chi connectivity index (χ1v) is 6.27. The number of rotatable bonds is 4. The van der Waals surface area contributed by atoms with Crippen LogP contribution >= 0.6 is 0 Å². The average Bonchev–Trinajstić information content (AvgIpc) is 2.44. The summed E-state index contributed by atoms with van der Waals surface area (Å²) in [6, 6.07) is 13.3. The molecular formula is C16H14F2N2. The van der Waals surface area contributed by atoms with Crippen LogP contribution in [-0.4, -0.2) is 0 Å². The van der Waals surface area contributed by atoms with Gasteiger partial charge < -0.3 is 5.32 Å². The molecule has 0 spiro atoms. The Labute approximate surface area is 116 Å². The largest absolute Gasteiger partial charge is 0.379 e. The van der Waals surface area contributed by atoms with Crippen LogP contribution in [0.3, 0.4) is 0 Å². The summed E-state index contributed by atoms with van der Waals surface area (Å²) in [5, 5.41) is 11.8. The lowest BCUT2D eigenvalue weighted by Crippen LogP contribution is -2.07. The molecule has 4 heteroatoms. The molecule has 1 N–H and O–H groups in total. The van der Waals surface area contributed by atoms with E-state index in [1.54, 1.807) is 6.07 Å². The van der Waals surface area contributed by atoms with Crippen molar-refractivity contribution >= 4 is 5.69 Å². The molecule has 0 aliphatic carbocycles. The van der Waals surface area contributed by atoms with Gasteiger partial charge in [0, 0.05) is 11.7 Å². The van der Waals surface area contributed by atoms with E-state index in [0.717, 1.165) is 17.3 Å². The molecule has 0 aliphatic rings. The molecule has 0 saturated carbocycles. The summed E-state index contributed by atoms with van der Waals surface area (Å²) in [5.41, 5.74) is 2.48. The van der Waals surface area contributed by atoms with E-state index in [-0.39, 0.29) is 6.04 Å². The first-order chi connectivity index (χ1) is 9.60. The van der Waals surface area contributed by atoms with Crippen LogP contribution < -0.4 is 5.32 Å². The van der Waals surface area contributed by atoms with Gasteiger partial charge in [0.15, 0.2) is 11.6 Å². The van der Waals surface area contributed by atoms with Gasteiger partial charge in [-0.1, -0.05) is 18.2 Å². The van der Waals surface area contributed by atoms with E-state index < -0.39 is 11.6 Å². The van der Waals surface area contributed by atoms with Gasteiger partial charge in [0.1, 0.15) is 0 Å². The van der Waals surface area contributed by atoms with Gasteiger partial charge in [0.2, 0.25) is 0 Å². The summed E-state index contributed by atoms with van der Waals surface area (Å²) in [5.74, 6) is -1.69. The van der Waals surface area contributed by atoms with Crippen molar-refractivity contribution in [1.82, 2.24) is 0 Å². The topological polar surface area (TPSA) is 35.8 Å². The summed E-state index contributed by atoms with van der Waals surface area (Å²) in [7, 11) is 0. The van der Waals surface area contributed by atoms with Crippen molar-refractivity contribution in [3.63, 3.8) is 0 Å². The molecule has 2 aromatic rings. The highest BCUT2D eigenvalue weighted by molar-refractivity contribution is 5.47. The van der Waals surface area contributed by atoms with Gasteiger partial charge in [-0.15, -0.1) is 0 Å². The van der Waals surface area contributed by atoms with E-state index in [0.29, 0.717) is 12.0 Å². The monoisotopic (exact) mass is 272 g/mol. The molecule has 0 aliphatic heterocycles. The van der Waals surface area contributed by atoms with Crippen LogP contribution in [0.4, 0.5) is 14.5 Å². The summed E-state index contributed by atoms with van der Waals surface area (Å²) in [6.45, 7) is 1.87. The lowest BCUT2D eigenvalue weighted by Gasteiger charge is -2.16. The highest BCUT2D eigenvalue weighted by Gasteiger charge is 2.09. The number of halogens is 2. The van der Waals surface area contributed by atoms with Crippen molar-refractivity contribution in [3.05, 3.63) is 65.2 Å². The fourth-order valence-corrected chi connectivity index (χ4v) is 1.93. The third kappa shape index (κ3) is 3.33. The van der Waals surface area contributed by atoms with Crippen LogP contribution in [0.2, 0.25) is 0 Å². The van der Waals surface area contributed by atoms with E-state index >= 15 is 0 Å². The van der Waals surface area contributed by atoms with Crippen molar-refractivity contribution in [2.24, 2.45) is 0 Å². The van der Waals surface area contributed by atoms with Crippen LogP contribution in [-0.2, 0) is 6.42 Å². The van der Waals surface area contributed by atoms with E-state index in [1.165, 1.54) is 6.07 Å². The first kappa shape index (κ1) is 14.0.